The second-order valence-corrected chi connectivity index (χ2v) is 4.08. The zero-order valence-corrected chi connectivity index (χ0v) is 10.1. The van der Waals surface area contributed by atoms with E-state index in [0.29, 0.717) is 5.06 Å². The van der Waals surface area contributed by atoms with Crippen molar-refractivity contribution >= 4 is 11.7 Å². The standard InChI is InChI=1S/C9H15N5O3/c1-5-12-13-7(17-5)6(15)11-9(2,3)8(10)14(4)16/h10,16H,1-4H3,(H,11,15). The van der Waals surface area contributed by atoms with Crippen molar-refractivity contribution in [1.82, 2.24) is 20.6 Å². The van der Waals surface area contributed by atoms with Gasteiger partial charge in [-0.15, -0.1) is 10.2 Å². The molecule has 0 aromatic carbocycles. The molecule has 0 bridgehead atoms. The van der Waals surface area contributed by atoms with E-state index in [1.54, 1.807) is 20.8 Å². The van der Waals surface area contributed by atoms with Crippen LogP contribution in [0.5, 0.6) is 0 Å². The molecular formula is C9H15N5O3. The van der Waals surface area contributed by atoms with Gasteiger partial charge in [0, 0.05) is 14.0 Å². The van der Waals surface area contributed by atoms with Crippen LogP contribution in [0.4, 0.5) is 0 Å². The van der Waals surface area contributed by atoms with E-state index < -0.39 is 11.4 Å². The summed E-state index contributed by atoms with van der Waals surface area (Å²) in [5.41, 5.74) is -1.05. The number of hydrogen-bond donors (Lipinski definition) is 3. The highest BCUT2D eigenvalue weighted by Gasteiger charge is 2.30. The molecule has 0 aliphatic heterocycles. The quantitative estimate of drug-likeness (QED) is 0.395. The molecule has 8 nitrogen and oxygen atoms in total. The summed E-state index contributed by atoms with van der Waals surface area (Å²) in [4.78, 5) is 11.7. The van der Waals surface area contributed by atoms with Crippen molar-refractivity contribution in [3.63, 3.8) is 0 Å². The number of amides is 1. The molecule has 1 aromatic heterocycles. The molecule has 0 aliphatic carbocycles. The van der Waals surface area contributed by atoms with E-state index in [4.69, 9.17) is 15.0 Å². The van der Waals surface area contributed by atoms with E-state index in [9.17, 15) is 4.79 Å². The molecule has 0 radical (unpaired) electrons. The number of carbonyl (C=O) groups is 1. The van der Waals surface area contributed by atoms with Crippen LogP contribution >= 0.6 is 0 Å². The van der Waals surface area contributed by atoms with Gasteiger partial charge >= 0.3 is 11.8 Å². The minimum Gasteiger partial charge on any atom is -0.417 e. The Bertz CT molecular complexity index is 438. The van der Waals surface area contributed by atoms with Crippen LogP contribution < -0.4 is 5.32 Å². The molecule has 0 saturated heterocycles. The second-order valence-electron chi connectivity index (χ2n) is 4.08. The van der Waals surface area contributed by atoms with Gasteiger partial charge in [0.1, 0.15) is 5.84 Å². The minimum absolute atomic E-state index is 0.165. The number of likely N-dealkylation sites (N-methyl/N-ethyl adjacent to an activating group) is 1. The first-order chi connectivity index (χ1) is 7.74. The smallest absolute Gasteiger partial charge is 0.309 e. The van der Waals surface area contributed by atoms with Gasteiger partial charge in [-0.1, -0.05) is 0 Å². The number of amidine groups is 1. The third kappa shape index (κ3) is 3.00. The van der Waals surface area contributed by atoms with E-state index in [2.05, 4.69) is 15.5 Å². The first-order valence-electron chi connectivity index (χ1n) is 4.88. The van der Waals surface area contributed by atoms with Gasteiger partial charge in [-0.25, -0.2) is 5.06 Å². The summed E-state index contributed by atoms with van der Waals surface area (Å²) in [6, 6.07) is 0. The highest BCUT2D eigenvalue weighted by Crippen LogP contribution is 2.08. The summed E-state index contributed by atoms with van der Waals surface area (Å²) in [7, 11) is 1.30. The van der Waals surface area contributed by atoms with Crippen molar-refractivity contribution in [2.24, 2.45) is 0 Å². The lowest BCUT2D eigenvalue weighted by Crippen LogP contribution is -2.54. The predicted octanol–water partition coefficient (Wildman–Crippen LogP) is 0.185. The van der Waals surface area contributed by atoms with E-state index in [-0.39, 0.29) is 17.6 Å². The van der Waals surface area contributed by atoms with E-state index in [1.807, 2.05) is 0 Å². The number of nitrogens with zero attached hydrogens (tertiary/aromatic N) is 3. The third-order valence-electron chi connectivity index (χ3n) is 2.06. The number of aryl methyl sites for hydroxylation is 1. The minimum atomic E-state index is -1.05. The highest BCUT2D eigenvalue weighted by molar-refractivity contribution is 5.96. The normalized spacial score (nSPS) is 11.1. The average molecular weight is 241 g/mol. The van der Waals surface area contributed by atoms with Gasteiger partial charge in [-0.3, -0.25) is 15.4 Å². The summed E-state index contributed by atoms with van der Waals surface area (Å²) < 4.78 is 4.95. The van der Waals surface area contributed by atoms with Crippen LogP contribution in [0.2, 0.25) is 0 Å². The summed E-state index contributed by atoms with van der Waals surface area (Å²) in [6.45, 7) is 4.71. The van der Waals surface area contributed by atoms with Crippen LogP contribution in [-0.2, 0) is 0 Å². The molecule has 0 saturated carbocycles. The van der Waals surface area contributed by atoms with Crippen molar-refractivity contribution in [1.29, 1.82) is 5.41 Å². The third-order valence-corrected chi connectivity index (χ3v) is 2.06. The number of carbonyl (C=O) groups excluding carboxylic acids is 1. The Hall–Kier alpha value is -1.96. The molecule has 1 rings (SSSR count). The number of nitrogens with one attached hydrogen (secondary N) is 2. The van der Waals surface area contributed by atoms with Gasteiger partial charge < -0.3 is 9.73 Å². The van der Waals surface area contributed by atoms with Gasteiger partial charge in [0.25, 0.3) is 0 Å². The first kappa shape index (κ1) is 13.1. The lowest BCUT2D eigenvalue weighted by Gasteiger charge is -2.29. The van der Waals surface area contributed by atoms with Crippen LogP contribution in [0.3, 0.4) is 0 Å². The lowest BCUT2D eigenvalue weighted by molar-refractivity contribution is 0.00470. The number of hydroxylamine groups is 2. The van der Waals surface area contributed by atoms with Crippen molar-refractivity contribution in [2.45, 2.75) is 26.3 Å². The van der Waals surface area contributed by atoms with Crippen LogP contribution in [0.1, 0.15) is 30.4 Å². The monoisotopic (exact) mass is 241 g/mol. The molecule has 17 heavy (non-hydrogen) atoms. The summed E-state index contributed by atoms with van der Waals surface area (Å²) in [5, 5.41) is 27.0. The molecule has 94 valence electrons. The van der Waals surface area contributed by atoms with Crippen molar-refractivity contribution in [2.75, 3.05) is 7.05 Å². The topological polar surface area (TPSA) is 115 Å². The fourth-order valence-corrected chi connectivity index (χ4v) is 1.19. The molecule has 0 atom stereocenters. The zero-order chi connectivity index (χ0) is 13.2. The van der Waals surface area contributed by atoms with Gasteiger partial charge in [0.05, 0.1) is 5.54 Å². The summed E-state index contributed by atoms with van der Waals surface area (Å²) in [5.74, 6) is -0.657. The van der Waals surface area contributed by atoms with Crippen molar-refractivity contribution < 1.29 is 14.4 Å². The highest BCUT2D eigenvalue weighted by atomic mass is 16.5. The molecule has 0 unspecified atom stereocenters. The fourth-order valence-electron chi connectivity index (χ4n) is 1.19. The molecular weight excluding hydrogens is 226 g/mol. The van der Waals surface area contributed by atoms with Gasteiger partial charge in [0.15, 0.2) is 0 Å². The molecule has 1 amide bonds. The Balaban J connectivity index is 2.78. The Kier molecular flexibility index (Phi) is 3.47. The zero-order valence-electron chi connectivity index (χ0n) is 10.1. The molecule has 8 heteroatoms. The fraction of sp³-hybridized carbons (Fsp3) is 0.556. The molecule has 1 aromatic rings. The Morgan fingerprint density at radius 2 is 2.12 bits per heavy atom. The first-order valence-corrected chi connectivity index (χ1v) is 4.88. The maximum Gasteiger partial charge on any atom is 0.309 e. The Labute approximate surface area is 98.1 Å². The average Bonchev–Trinajstić information content (AvgIpc) is 2.63. The molecule has 0 fully saturated rings. The SMILES string of the molecule is Cc1nnc(C(=O)NC(C)(C)C(=N)N(C)O)o1. The Morgan fingerprint density at radius 1 is 1.53 bits per heavy atom. The number of hydrogen-bond acceptors (Lipinski definition) is 6. The van der Waals surface area contributed by atoms with Crippen molar-refractivity contribution in [3.05, 3.63) is 11.8 Å². The van der Waals surface area contributed by atoms with Gasteiger partial charge in [-0.2, -0.15) is 0 Å². The number of aromatic nitrogens is 2. The van der Waals surface area contributed by atoms with Crippen LogP contribution in [0.25, 0.3) is 0 Å². The summed E-state index contributed by atoms with van der Waals surface area (Å²) >= 11 is 0. The molecule has 0 spiro atoms. The predicted molar refractivity (Wildman–Crippen MR) is 57.9 cm³/mol. The van der Waals surface area contributed by atoms with Gasteiger partial charge in [0.2, 0.25) is 5.89 Å². The van der Waals surface area contributed by atoms with Crippen LogP contribution in [0, 0.1) is 12.3 Å². The van der Waals surface area contributed by atoms with Gasteiger partial charge in [-0.05, 0) is 13.8 Å². The largest absolute Gasteiger partial charge is 0.417 e. The number of rotatable bonds is 3. The maximum atomic E-state index is 11.7. The van der Waals surface area contributed by atoms with E-state index >= 15 is 0 Å². The van der Waals surface area contributed by atoms with E-state index in [1.165, 1.54) is 7.05 Å². The molecule has 1 heterocycles. The van der Waals surface area contributed by atoms with Crippen LogP contribution in [-0.4, -0.2) is 44.8 Å². The lowest BCUT2D eigenvalue weighted by atomic mass is 10.0. The van der Waals surface area contributed by atoms with Crippen LogP contribution in [0.15, 0.2) is 4.42 Å². The Morgan fingerprint density at radius 3 is 2.53 bits per heavy atom. The molecule has 0 aliphatic rings. The maximum absolute atomic E-state index is 11.7. The van der Waals surface area contributed by atoms with E-state index in [0.717, 1.165) is 0 Å². The summed E-state index contributed by atoms with van der Waals surface area (Å²) in [6.07, 6.45) is 0. The van der Waals surface area contributed by atoms with Crippen molar-refractivity contribution in [3.8, 4) is 0 Å². The second kappa shape index (κ2) is 4.50. The molecule has 3 N–H and O–H groups in total.